The van der Waals surface area contributed by atoms with Crippen LogP contribution in [-0.4, -0.2) is 75.7 Å². The van der Waals surface area contributed by atoms with Crippen molar-refractivity contribution in [3.8, 4) is 17.0 Å². The SMILES string of the molecule is CN1C2CCC1CC(Oc1cc(Cl)sc1C(=O)N[C@@H]1CCCN(c3cc(-c4ccc5c(c4)COC5=O)n4ncnc(N)c34)C1)C2. The molecule has 11 nitrogen and oxygen atoms in total. The standard InChI is InChI=1S/C32H34ClN7O4S/c1-38-20-5-6-21(38)11-22(10-20)44-26-13-27(33)45-29(26)31(41)37-19-3-2-8-39(14-19)25-12-24(40-28(25)30(34)35-16-36-40)17-4-7-23-18(9-17)15-43-32(23)42/h4,7,9,12-13,16,19-22H,2-3,5-6,8,10-11,14-15H2,1H3,(H,37,41)(H2,34,35,36)/t19-,20?,21?,22?/m1/s1. The molecule has 13 heteroatoms. The van der Waals surface area contributed by atoms with E-state index in [-0.39, 0.29) is 30.6 Å². The average molecular weight is 648 g/mol. The molecule has 0 radical (unpaired) electrons. The number of hydrogen-bond donors (Lipinski definition) is 2. The quantitative estimate of drug-likeness (QED) is 0.285. The topological polar surface area (TPSA) is 127 Å². The number of fused-ring (bicyclic) bond motifs is 4. The predicted molar refractivity (Wildman–Crippen MR) is 172 cm³/mol. The first-order chi connectivity index (χ1) is 21.8. The summed E-state index contributed by atoms with van der Waals surface area (Å²) in [6, 6.07) is 10.5. The summed E-state index contributed by atoms with van der Waals surface area (Å²) in [5.41, 5.74) is 11.2. The molecular formula is C32H34ClN7O4S. The van der Waals surface area contributed by atoms with Crippen LogP contribution in [0.2, 0.25) is 4.34 Å². The van der Waals surface area contributed by atoms with Crippen molar-refractivity contribution in [2.45, 2.75) is 69.4 Å². The molecule has 3 N–H and O–H groups in total. The van der Waals surface area contributed by atoms with Gasteiger partial charge in [-0.05, 0) is 63.8 Å². The number of nitrogens with two attached hydrogens (primary N) is 1. The highest BCUT2D eigenvalue weighted by molar-refractivity contribution is 7.18. The van der Waals surface area contributed by atoms with Gasteiger partial charge in [-0.2, -0.15) is 5.10 Å². The van der Waals surface area contributed by atoms with Crippen LogP contribution in [0.5, 0.6) is 5.75 Å². The fraction of sp³-hybridized carbons (Fsp3) is 0.438. The number of nitrogen functional groups attached to an aromatic ring is 1. The number of nitrogens with zero attached hydrogens (tertiary/aromatic N) is 5. The Balaban J connectivity index is 1.02. The van der Waals surface area contributed by atoms with E-state index >= 15 is 0 Å². The van der Waals surface area contributed by atoms with E-state index in [2.05, 4.69) is 38.3 Å². The van der Waals surface area contributed by atoms with Crippen LogP contribution in [0.4, 0.5) is 11.5 Å². The molecule has 4 aromatic rings. The van der Waals surface area contributed by atoms with Crippen LogP contribution < -0.4 is 20.7 Å². The second-order valence-corrected chi connectivity index (χ2v) is 14.2. The molecule has 234 valence electrons. The Morgan fingerprint density at radius 1 is 1.18 bits per heavy atom. The summed E-state index contributed by atoms with van der Waals surface area (Å²) in [4.78, 5) is 35.2. The van der Waals surface area contributed by atoms with Crippen molar-refractivity contribution in [3.63, 3.8) is 0 Å². The second-order valence-electron chi connectivity index (χ2n) is 12.5. The number of rotatable bonds is 6. The molecule has 0 spiro atoms. The Kier molecular flexibility index (Phi) is 7.10. The van der Waals surface area contributed by atoms with Gasteiger partial charge in [0.05, 0.1) is 21.3 Å². The van der Waals surface area contributed by atoms with E-state index in [9.17, 15) is 9.59 Å². The largest absolute Gasteiger partial charge is 0.489 e. The Hall–Kier alpha value is -3.87. The van der Waals surface area contributed by atoms with Crippen LogP contribution in [0.25, 0.3) is 16.8 Å². The van der Waals surface area contributed by atoms with Gasteiger partial charge in [0, 0.05) is 48.4 Å². The van der Waals surface area contributed by atoms with Crippen LogP contribution in [0.3, 0.4) is 0 Å². The number of amides is 1. The molecule has 2 unspecified atom stereocenters. The van der Waals surface area contributed by atoms with Crippen molar-refractivity contribution in [2.75, 3.05) is 30.8 Å². The maximum Gasteiger partial charge on any atom is 0.338 e. The fourth-order valence-corrected chi connectivity index (χ4v) is 8.63. The van der Waals surface area contributed by atoms with Gasteiger partial charge in [0.1, 0.15) is 35.2 Å². The van der Waals surface area contributed by atoms with Gasteiger partial charge >= 0.3 is 5.97 Å². The number of halogens is 1. The number of esters is 1. The minimum Gasteiger partial charge on any atom is -0.489 e. The van der Waals surface area contributed by atoms with Gasteiger partial charge in [-0.1, -0.05) is 17.7 Å². The van der Waals surface area contributed by atoms with Crippen molar-refractivity contribution in [1.82, 2.24) is 24.8 Å². The van der Waals surface area contributed by atoms with Crippen LogP contribution in [0, 0.1) is 0 Å². The summed E-state index contributed by atoms with van der Waals surface area (Å²) < 4.78 is 14.0. The maximum atomic E-state index is 13.7. The zero-order valence-corrected chi connectivity index (χ0v) is 26.4. The van der Waals surface area contributed by atoms with Crippen molar-refractivity contribution < 1.29 is 19.1 Å². The number of ether oxygens (including phenoxy) is 2. The number of cyclic esters (lactones) is 1. The Bertz CT molecular complexity index is 1810. The first kappa shape index (κ1) is 28.6. The van der Waals surface area contributed by atoms with Crippen LogP contribution >= 0.6 is 22.9 Å². The predicted octanol–water partition coefficient (Wildman–Crippen LogP) is 4.77. The molecule has 2 bridgehead atoms. The Morgan fingerprint density at radius 3 is 2.82 bits per heavy atom. The molecule has 3 atom stereocenters. The minimum atomic E-state index is -0.303. The van der Waals surface area contributed by atoms with Gasteiger partial charge in [0.15, 0.2) is 5.82 Å². The van der Waals surface area contributed by atoms with E-state index in [0.717, 1.165) is 54.7 Å². The van der Waals surface area contributed by atoms with Crippen molar-refractivity contribution in [1.29, 1.82) is 0 Å². The third-order valence-corrected chi connectivity index (χ3v) is 11.1. The zero-order chi connectivity index (χ0) is 30.8. The maximum absolute atomic E-state index is 13.7. The molecular weight excluding hydrogens is 614 g/mol. The first-order valence-electron chi connectivity index (χ1n) is 15.5. The van der Waals surface area contributed by atoms with E-state index in [1.807, 2.05) is 12.1 Å². The van der Waals surface area contributed by atoms with E-state index in [1.54, 1.807) is 16.6 Å². The summed E-state index contributed by atoms with van der Waals surface area (Å²) in [5.74, 6) is 0.486. The lowest BCUT2D eigenvalue weighted by atomic mass is 10.0. The third-order valence-electron chi connectivity index (χ3n) is 9.86. The molecule has 4 aliphatic heterocycles. The number of benzene rings is 1. The molecule has 0 saturated carbocycles. The van der Waals surface area contributed by atoms with Gasteiger partial charge < -0.3 is 30.3 Å². The van der Waals surface area contributed by atoms with Crippen LogP contribution in [0.15, 0.2) is 36.7 Å². The van der Waals surface area contributed by atoms with E-state index in [1.165, 1.54) is 30.5 Å². The highest BCUT2D eigenvalue weighted by atomic mass is 35.5. The molecule has 0 aliphatic carbocycles. The molecule has 7 heterocycles. The highest BCUT2D eigenvalue weighted by Gasteiger charge is 2.40. The molecule has 8 rings (SSSR count). The number of carbonyl (C=O) groups excluding carboxylic acids is 2. The highest BCUT2D eigenvalue weighted by Crippen LogP contribution is 2.40. The average Bonchev–Trinajstić information content (AvgIpc) is 3.76. The molecule has 1 amide bonds. The fourth-order valence-electron chi connectivity index (χ4n) is 7.58. The number of nitrogens with one attached hydrogen (secondary N) is 1. The van der Waals surface area contributed by atoms with Gasteiger partial charge in [-0.15, -0.1) is 11.3 Å². The normalized spacial score (nSPS) is 24.6. The van der Waals surface area contributed by atoms with Crippen LogP contribution in [-0.2, 0) is 11.3 Å². The lowest BCUT2D eigenvalue weighted by Gasteiger charge is -2.36. The van der Waals surface area contributed by atoms with Gasteiger partial charge in [-0.3, -0.25) is 4.79 Å². The molecule has 3 saturated heterocycles. The Labute approximate surface area is 269 Å². The molecule has 3 fully saturated rings. The summed E-state index contributed by atoms with van der Waals surface area (Å²) in [6.45, 7) is 1.65. The Morgan fingerprint density at radius 2 is 2.00 bits per heavy atom. The van der Waals surface area contributed by atoms with Gasteiger partial charge in [0.25, 0.3) is 5.91 Å². The molecule has 1 aromatic carbocycles. The lowest BCUT2D eigenvalue weighted by molar-refractivity contribution is 0.0534. The van der Waals surface area contributed by atoms with Gasteiger partial charge in [0.2, 0.25) is 0 Å². The second kappa shape index (κ2) is 11.2. The third kappa shape index (κ3) is 5.08. The zero-order valence-electron chi connectivity index (χ0n) is 24.9. The van der Waals surface area contributed by atoms with Crippen molar-refractivity contribution >= 4 is 51.8 Å². The number of thiophene rings is 1. The van der Waals surface area contributed by atoms with Gasteiger partial charge in [-0.25, -0.2) is 14.3 Å². The lowest BCUT2D eigenvalue weighted by Crippen LogP contribution is -2.48. The number of hydrogen-bond acceptors (Lipinski definition) is 10. The molecule has 3 aromatic heterocycles. The minimum absolute atomic E-state index is 0.0878. The summed E-state index contributed by atoms with van der Waals surface area (Å²) in [6.07, 6.45) is 7.61. The van der Waals surface area contributed by atoms with E-state index in [4.69, 9.17) is 26.8 Å². The summed E-state index contributed by atoms with van der Waals surface area (Å²) in [7, 11) is 2.21. The van der Waals surface area contributed by atoms with Crippen LogP contribution in [0.1, 0.15) is 64.1 Å². The van der Waals surface area contributed by atoms with Crippen molar-refractivity contribution in [2.24, 2.45) is 0 Å². The summed E-state index contributed by atoms with van der Waals surface area (Å²) in [5, 5.41) is 7.79. The van der Waals surface area contributed by atoms with E-state index in [0.29, 0.717) is 50.5 Å². The number of aromatic nitrogens is 3. The van der Waals surface area contributed by atoms with Crippen molar-refractivity contribution in [3.05, 3.63) is 57.0 Å². The molecule has 4 aliphatic rings. The van der Waals surface area contributed by atoms with E-state index < -0.39 is 0 Å². The number of anilines is 2. The number of piperidine rings is 2. The molecule has 45 heavy (non-hydrogen) atoms. The smallest absolute Gasteiger partial charge is 0.338 e. The monoisotopic (exact) mass is 647 g/mol. The number of carbonyl (C=O) groups is 2. The first-order valence-corrected chi connectivity index (χ1v) is 16.7. The summed E-state index contributed by atoms with van der Waals surface area (Å²) >= 11 is 7.69.